The Morgan fingerprint density at radius 3 is 2.39 bits per heavy atom. The molecule has 2 N–H and O–H groups in total. The Hall–Kier alpha value is -1.18. The van der Waals surface area contributed by atoms with Gasteiger partial charge in [-0.1, -0.05) is 54.1 Å². The van der Waals surface area contributed by atoms with Crippen LogP contribution in [0.4, 0.5) is 0 Å². The van der Waals surface area contributed by atoms with Gasteiger partial charge in [0.1, 0.15) is 4.32 Å². The molecule has 1 amide bonds. The molecule has 1 saturated heterocycles. The molecule has 1 aliphatic heterocycles. The van der Waals surface area contributed by atoms with Crippen molar-refractivity contribution in [3.8, 4) is 10.4 Å². The van der Waals surface area contributed by atoms with Crippen LogP contribution in [0.15, 0.2) is 35.2 Å². The van der Waals surface area contributed by atoms with E-state index < -0.39 is 0 Å². The lowest BCUT2D eigenvalue weighted by molar-refractivity contribution is -0.130. The van der Waals surface area contributed by atoms with E-state index >= 15 is 0 Å². The van der Waals surface area contributed by atoms with Gasteiger partial charge in [-0.05, 0) is 117 Å². The first kappa shape index (κ1) is 25.1. The molecule has 3 nitrogen and oxygen atoms in total. The number of nitrogens with zero attached hydrogens (tertiary/aromatic N) is 1. The number of carbonyl (C=O) groups is 1. The Morgan fingerprint density at radius 1 is 1.03 bits per heavy atom. The van der Waals surface area contributed by atoms with Gasteiger partial charge in [0.15, 0.2) is 0 Å². The van der Waals surface area contributed by atoms with Crippen molar-refractivity contribution in [2.75, 3.05) is 6.54 Å². The number of thiocarbonyl (C=S) groups is 1. The van der Waals surface area contributed by atoms with Crippen LogP contribution in [-0.2, 0) is 11.2 Å². The zero-order valence-electron chi connectivity index (χ0n) is 20.5. The van der Waals surface area contributed by atoms with E-state index in [1.807, 2.05) is 17.0 Å². The molecular formula is C29H33ClN2OS3. The van der Waals surface area contributed by atoms with Gasteiger partial charge < -0.3 is 5.73 Å². The molecule has 7 heteroatoms. The van der Waals surface area contributed by atoms with Crippen molar-refractivity contribution in [3.05, 3.63) is 50.7 Å². The summed E-state index contributed by atoms with van der Waals surface area (Å²) < 4.78 is 0.766. The van der Waals surface area contributed by atoms with E-state index in [9.17, 15) is 4.79 Å². The molecule has 4 bridgehead atoms. The second-order valence-corrected chi connectivity index (χ2v) is 14.3. The average molecular weight is 557 g/mol. The van der Waals surface area contributed by atoms with Crippen molar-refractivity contribution in [3.63, 3.8) is 0 Å². The maximum atomic E-state index is 13.8. The van der Waals surface area contributed by atoms with Gasteiger partial charge in [-0.3, -0.25) is 9.69 Å². The van der Waals surface area contributed by atoms with Crippen LogP contribution in [0.1, 0.15) is 61.8 Å². The highest BCUT2D eigenvalue weighted by molar-refractivity contribution is 8.26. The number of hydrogen-bond donors (Lipinski definition) is 1. The molecule has 5 aliphatic rings. The first-order valence-electron chi connectivity index (χ1n) is 13.4. The number of benzene rings is 1. The lowest BCUT2D eigenvalue weighted by Gasteiger charge is -2.56. The molecule has 0 unspecified atom stereocenters. The zero-order valence-corrected chi connectivity index (χ0v) is 23.7. The summed E-state index contributed by atoms with van der Waals surface area (Å²) in [4.78, 5) is 19.0. The fourth-order valence-corrected chi connectivity index (χ4v) is 10.0. The van der Waals surface area contributed by atoms with E-state index in [2.05, 4.69) is 24.3 Å². The van der Waals surface area contributed by atoms with E-state index in [1.165, 1.54) is 59.2 Å². The van der Waals surface area contributed by atoms with Gasteiger partial charge in [0.25, 0.3) is 5.91 Å². The molecule has 190 valence electrons. The molecule has 4 aliphatic carbocycles. The van der Waals surface area contributed by atoms with E-state index in [1.54, 1.807) is 11.3 Å². The average Bonchev–Trinajstić information content (AvgIpc) is 3.37. The van der Waals surface area contributed by atoms with Crippen LogP contribution in [-0.4, -0.2) is 27.7 Å². The summed E-state index contributed by atoms with van der Waals surface area (Å²) in [5.41, 5.74) is 8.18. The first-order valence-corrected chi connectivity index (χ1v) is 15.8. The largest absolute Gasteiger partial charge is 0.330 e. The highest BCUT2D eigenvalue weighted by atomic mass is 35.5. The second-order valence-electron chi connectivity index (χ2n) is 11.1. The molecule has 0 spiro atoms. The molecular weight excluding hydrogens is 524 g/mol. The van der Waals surface area contributed by atoms with Crippen LogP contribution in [0.2, 0.25) is 5.02 Å². The van der Waals surface area contributed by atoms with Gasteiger partial charge in [0.05, 0.1) is 4.91 Å². The minimum Gasteiger partial charge on any atom is -0.330 e. The molecule has 36 heavy (non-hydrogen) atoms. The van der Waals surface area contributed by atoms with E-state index in [4.69, 9.17) is 29.6 Å². The highest BCUT2D eigenvalue weighted by Crippen LogP contribution is 2.56. The normalized spacial score (nSPS) is 30.2. The van der Waals surface area contributed by atoms with Gasteiger partial charge in [-0.25, -0.2) is 0 Å². The maximum Gasteiger partial charge on any atom is 0.266 e. The highest BCUT2D eigenvalue weighted by Gasteiger charge is 2.53. The van der Waals surface area contributed by atoms with Crippen LogP contribution in [0, 0.1) is 23.7 Å². The standard InChI is InChI=1S/C29H33ClN2OS3/c30-23-7-5-19(6-8-23)24-15-20(4-2-1-3-9-31)25(35-24)16-26-28(33)32(29(34)36-26)27-21-11-17-10-18(13-21)14-22(27)12-17/h5-8,15-18,21-22,27H,1-4,9-14,31H2/b26-16-. The van der Waals surface area contributed by atoms with Crippen LogP contribution >= 0.6 is 46.9 Å². The fraction of sp³-hybridized carbons (Fsp3) is 0.517. The van der Waals surface area contributed by atoms with E-state index in [-0.39, 0.29) is 5.91 Å². The van der Waals surface area contributed by atoms with Gasteiger partial charge in [-0.15, -0.1) is 11.3 Å². The lowest BCUT2D eigenvalue weighted by Crippen LogP contribution is -2.57. The summed E-state index contributed by atoms with van der Waals surface area (Å²) >= 11 is 15.2. The lowest BCUT2D eigenvalue weighted by atomic mass is 9.54. The van der Waals surface area contributed by atoms with Gasteiger partial charge >= 0.3 is 0 Å². The molecule has 1 aromatic carbocycles. The SMILES string of the molecule is NCCCCCc1cc(-c2ccc(Cl)cc2)sc1/C=C1\SC(=S)N(C2C3CC4CC(C3)CC2C4)C1=O. The van der Waals surface area contributed by atoms with Crippen molar-refractivity contribution in [1.82, 2.24) is 4.90 Å². The Balaban J connectivity index is 1.27. The summed E-state index contributed by atoms with van der Waals surface area (Å²) in [7, 11) is 0. The molecule has 0 radical (unpaired) electrons. The third-order valence-corrected chi connectivity index (χ3v) is 11.4. The third kappa shape index (κ3) is 4.84. The number of unbranched alkanes of at least 4 members (excludes halogenated alkanes) is 2. The summed E-state index contributed by atoms with van der Waals surface area (Å²) in [5, 5.41) is 0.742. The Bertz CT molecular complexity index is 1160. The Morgan fingerprint density at radius 2 is 1.72 bits per heavy atom. The monoisotopic (exact) mass is 556 g/mol. The van der Waals surface area contributed by atoms with Crippen LogP contribution in [0.3, 0.4) is 0 Å². The maximum absolute atomic E-state index is 13.8. The quantitative estimate of drug-likeness (QED) is 0.205. The van der Waals surface area contributed by atoms with Crippen LogP contribution < -0.4 is 5.73 Å². The number of amides is 1. The van der Waals surface area contributed by atoms with Gasteiger partial charge in [0, 0.05) is 20.8 Å². The summed E-state index contributed by atoms with van der Waals surface area (Å²) in [6, 6.07) is 10.6. The number of thiophene rings is 1. The van der Waals surface area contributed by atoms with Crippen molar-refractivity contribution in [2.24, 2.45) is 29.4 Å². The molecule has 5 fully saturated rings. The molecule has 2 aromatic rings. The van der Waals surface area contributed by atoms with Crippen molar-refractivity contribution >= 4 is 63.2 Å². The third-order valence-electron chi connectivity index (χ3n) is 8.68. The van der Waals surface area contributed by atoms with Gasteiger partial charge in [-0.2, -0.15) is 0 Å². The number of hydrogen-bond acceptors (Lipinski definition) is 5. The van der Waals surface area contributed by atoms with Gasteiger partial charge in [0.2, 0.25) is 0 Å². The Kier molecular flexibility index (Phi) is 7.35. The smallest absolute Gasteiger partial charge is 0.266 e. The Labute approximate surface area is 232 Å². The number of halogens is 1. The minimum absolute atomic E-state index is 0.137. The molecule has 7 rings (SSSR count). The number of carbonyl (C=O) groups excluding carboxylic acids is 1. The summed E-state index contributed by atoms with van der Waals surface area (Å²) in [6.07, 6.45) is 13.0. The zero-order chi connectivity index (χ0) is 24.8. The number of nitrogens with two attached hydrogens (primary N) is 1. The van der Waals surface area contributed by atoms with Crippen molar-refractivity contribution in [2.45, 2.75) is 63.8 Å². The number of rotatable bonds is 8. The molecule has 1 aromatic heterocycles. The molecule has 4 saturated carbocycles. The van der Waals surface area contributed by atoms with E-state index in [0.29, 0.717) is 17.9 Å². The van der Waals surface area contributed by atoms with Crippen LogP contribution in [0.25, 0.3) is 16.5 Å². The summed E-state index contributed by atoms with van der Waals surface area (Å²) in [6.45, 7) is 0.736. The second kappa shape index (κ2) is 10.5. The minimum atomic E-state index is 0.137. The molecule has 0 atom stereocenters. The van der Waals surface area contributed by atoms with Crippen LogP contribution in [0.5, 0.6) is 0 Å². The predicted molar refractivity (Wildman–Crippen MR) is 157 cm³/mol. The number of thioether (sulfide) groups is 1. The number of aryl methyl sites for hydroxylation is 1. The first-order chi connectivity index (χ1) is 17.5. The summed E-state index contributed by atoms with van der Waals surface area (Å²) in [5.74, 6) is 3.19. The molecule has 2 heterocycles. The predicted octanol–water partition coefficient (Wildman–Crippen LogP) is 7.77. The fourth-order valence-electron chi connectivity index (χ4n) is 7.33. The van der Waals surface area contributed by atoms with E-state index in [0.717, 1.165) is 63.9 Å². The van der Waals surface area contributed by atoms with Crippen molar-refractivity contribution in [1.29, 1.82) is 0 Å². The van der Waals surface area contributed by atoms with Crippen molar-refractivity contribution < 1.29 is 4.79 Å². The topological polar surface area (TPSA) is 46.3 Å².